The van der Waals surface area contributed by atoms with Crippen molar-refractivity contribution in [2.45, 2.75) is 58.8 Å². The van der Waals surface area contributed by atoms with Crippen molar-refractivity contribution in [2.75, 3.05) is 0 Å². The Bertz CT molecular complexity index is 1510. The Morgan fingerprint density at radius 2 is 1.61 bits per heavy atom. The lowest BCUT2D eigenvalue weighted by molar-refractivity contribution is -0.169. The number of nitrogens with zero attached hydrogens (tertiary/aromatic N) is 1. The van der Waals surface area contributed by atoms with Crippen LogP contribution in [0.5, 0.6) is 0 Å². The Hall–Kier alpha value is -4.01. The molecule has 1 unspecified atom stereocenters. The van der Waals surface area contributed by atoms with Gasteiger partial charge in [-0.2, -0.15) is 0 Å². The number of benzene rings is 2. The number of H-pyrrole nitrogens is 1. The van der Waals surface area contributed by atoms with Crippen LogP contribution in [0.1, 0.15) is 75.0 Å². The number of nitrogens with one attached hydrogen (secondary N) is 1. The molecule has 2 aromatic heterocycles. The molecule has 2 aromatic carbocycles. The zero-order chi connectivity index (χ0) is 27.7. The molecule has 0 bridgehead atoms. The van der Waals surface area contributed by atoms with Crippen molar-refractivity contribution in [3.8, 4) is 0 Å². The van der Waals surface area contributed by atoms with Gasteiger partial charge in [0.05, 0.1) is 22.5 Å². The SMILES string of the molecule is CC(C)(C)OC(=O)c1c(C(ON)C(=O)OC(C)(C)C)[nH]c2c1ccc1cnc(C=Cc3ccccc3)cc12. The summed E-state index contributed by atoms with van der Waals surface area (Å²) in [4.78, 5) is 39.3. The molecule has 38 heavy (non-hydrogen) atoms. The first-order valence-corrected chi connectivity index (χ1v) is 12.4. The minimum Gasteiger partial charge on any atom is -0.458 e. The van der Waals surface area contributed by atoms with E-state index >= 15 is 0 Å². The summed E-state index contributed by atoms with van der Waals surface area (Å²) in [7, 11) is 0. The van der Waals surface area contributed by atoms with Crippen LogP contribution in [0.4, 0.5) is 0 Å². The molecule has 0 aliphatic rings. The maximum absolute atomic E-state index is 13.4. The molecule has 1 atom stereocenters. The van der Waals surface area contributed by atoms with Gasteiger partial charge in [0, 0.05) is 22.4 Å². The van der Waals surface area contributed by atoms with Crippen LogP contribution >= 0.6 is 0 Å². The van der Waals surface area contributed by atoms with E-state index in [1.54, 1.807) is 53.8 Å². The second-order valence-corrected chi connectivity index (χ2v) is 11.0. The Morgan fingerprint density at radius 1 is 0.921 bits per heavy atom. The van der Waals surface area contributed by atoms with Gasteiger partial charge in [-0.25, -0.2) is 15.5 Å². The predicted octanol–water partition coefficient (Wildman–Crippen LogP) is 6.11. The smallest absolute Gasteiger partial charge is 0.344 e. The molecule has 4 aromatic rings. The number of fused-ring (bicyclic) bond motifs is 3. The molecular formula is C30H33N3O5. The van der Waals surface area contributed by atoms with Crippen molar-refractivity contribution in [1.29, 1.82) is 0 Å². The zero-order valence-electron chi connectivity index (χ0n) is 22.5. The standard InChI is InChI=1S/C30H33N3O5/c1-29(2,3)36-27(34)23-21-15-13-19-17-32-20(14-12-18-10-8-7-9-11-18)16-22(19)24(21)33-25(23)26(38-31)28(35)37-30(4,5)6/h7-17,26,33H,31H2,1-6H3. The number of esters is 2. The maximum Gasteiger partial charge on any atom is 0.344 e. The number of ether oxygens (including phenoxy) is 2. The van der Waals surface area contributed by atoms with E-state index in [2.05, 4.69) is 9.97 Å². The van der Waals surface area contributed by atoms with Crippen molar-refractivity contribution in [1.82, 2.24) is 9.97 Å². The van der Waals surface area contributed by atoms with Crippen molar-refractivity contribution in [2.24, 2.45) is 5.90 Å². The Balaban J connectivity index is 1.90. The van der Waals surface area contributed by atoms with E-state index in [9.17, 15) is 9.59 Å². The third-order valence-electron chi connectivity index (χ3n) is 5.59. The summed E-state index contributed by atoms with van der Waals surface area (Å²) < 4.78 is 11.2. The molecule has 198 valence electrons. The first kappa shape index (κ1) is 27.0. The molecule has 4 rings (SSSR count). The number of aromatic amines is 1. The highest BCUT2D eigenvalue weighted by molar-refractivity contribution is 6.15. The van der Waals surface area contributed by atoms with Gasteiger partial charge in [0.15, 0.2) is 0 Å². The van der Waals surface area contributed by atoms with Gasteiger partial charge < -0.3 is 14.5 Å². The fourth-order valence-electron chi connectivity index (χ4n) is 4.10. The molecule has 0 aliphatic heterocycles. The maximum atomic E-state index is 13.4. The normalized spacial score (nSPS) is 13.2. The number of carbonyl (C=O) groups is 2. The Labute approximate surface area is 221 Å². The van der Waals surface area contributed by atoms with E-state index in [4.69, 9.17) is 20.2 Å². The van der Waals surface area contributed by atoms with E-state index < -0.39 is 29.2 Å². The largest absolute Gasteiger partial charge is 0.458 e. The molecule has 8 heteroatoms. The molecule has 0 aliphatic carbocycles. The monoisotopic (exact) mass is 515 g/mol. The van der Waals surface area contributed by atoms with Crippen molar-refractivity contribution < 1.29 is 23.9 Å². The summed E-state index contributed by atoms with van der Waals surface area (Å²) in [5.41, 5.74) is 1.17. The highest BCUT2D eigenvalue weighted by Gasteiger charge is 2.35. The molecule has 0 saturated heterocycles. The first-order chi connectivity index (χ1) is 17.9. The van der Waals surface area contributed by atoms with Crippen molar-refractivity contribution in [3.05, 3.63) is 77.2 Å². The topological polar surface area (TPSA) is 117 Å². The fourth-order valence-corrected chi connectivity index (χ4v) is 4.10. The predicted molar refractivity (Wildman–Crippen MR) is 148 cm³/mol. The lowest BCUT2D eigenvalue weighted by atomic mass is 10.0. The molecule has 0 radical (unpaired) electrons. The fraction of sp³-hybridized carbons (Fsp3) is 0.300. The van der Waals surface area contributed by atoms with Crippen molar-refractivity contribution in [3.63, 3.8) is 0 Å². The molecule has 0 saturated carbocycles. The number of rotatable bonds is 6. The van der Waals surface area contributed by atoms with Crippen LogP contribution in [0.15, 0.2) is 54.7 Å². The summed E-state index contributed by atoms with van der Waals surface area (Å²) in [5, 5.41) is 2.22. The number of carbonyl (C=O) groups excluding carboxylic acids is 2. The zero-order valence-corrected chi connectivity index (χ0v) is 22.5. The number of hydrogen-bond acceptors (Lipinski definition) is 7. The molecule has 0 spiro atoms. The number of pyridine rings is 1. The second-order valence-electron chi connectivity index (χ2n) is 11.0. The average Bonchev–Trinajstić information content (AvgIpc) is 3.21. The van der Waals surface area contributed by atoms with Crippen LogP contribution in [0.3, 0.4) is 0 Å². The van der Waals surface area contributed by atoms with Gasteiger partial charge in [-0.15, -0.1) is 0 Å². The second kappa shape index (κ2) is 10.4. The summed E-state index contributed by atoms with van der Waals surface area (Å²) in [6, 6.07) is 15.5. The van der Waals surface area contributed by atoms with Crippen molar-refractivity contribution >= 4 is 45.8 Å². The van der Waals surface area contributed by atoms with Crippen LogP contribution in [0.25, 0.3) is 33.8 Å². The van der Waals surface area contributed by atoms with Gasteiger partial charge in [-0.05, 0) is 59.2 Å². The molecule has 8 nitrogen and oxygen atoms in total. The van der Waals surface area contributed by atoms with E-state index in [1.807, 2.05) is 54.6 Å². The van der Waals surface area contributed by atoms with Gasteiger partial charge in [0.1, 0.15) is 11.2 Å². The summed E-state index contributed by atoms with van der Waals surface area (Å²) in [6.45, 7) is 10.5. The van der Waals surface area contributed by atoms with Crippen LogP contribution < -0.4 is 5.90 Å². The van der Waals surface area contributed by atoms with Crippen LogP contribution in [0, 0.1) is 0 Å². The van der Waals surface area contributed by atoms with Gasteiger partial charge in [0.25, 0.3) is 0 Å². The van der Waals surface area contributed by atoms with E-state index in [0.29, 0.717) is 10.9 Å². The van der Waals surface area contributed by atoms with E-state index in [0.717, 1.165) is 22.0 Å². The molecule has 3 N–H and O–H groups in total. The van der Waals surface area contributed by atoms with Gasteiger partial charge in [-0.1, -0.05) is 48.5 Å². The quantitative estimate of drug-likeness (QED) is 0.235. The minimum absolute atomic E-state index is 0.163. The molecule has 0 fully saturated rings. The first-order valence-electron chi connectivity index (χ1n) is 12.4. The molecule has 2 heterocycles. The number of hydrogen-bond donors (Lipinski definition) is 2. The molecular weight excluding hydrogens is 482 g/mol. The summed E-state index contributed by atoms with van der Waals surface area (Å²) in [5.74, 6) is 4.24. The Kier molecular flexibility index (Phi) is 7.40. The number of nitrogens with two attached hydrogens (primary N) is 1. The number of aromatic nitrogens is 2. The van der Waals surface area contributed by atoms with Crippen LogP contribution in [-0.2, 0) is 19.1 Å². The minimum atomic E-state index is -1.38. The summed E-state index contributed by atoms with van der Waals surface area (Å²) in [6.07, 6.45) is 4.27. The highest BCUT2D eigenvalue weighted by atomic mass is 16.7. The van der Waals surface area contributed by atoms with Crippen LogP contribution in [-0.4, -0.2) is 33.1 Å². The van der Waals surface area contributed by atoms with E-state index in [-0.39, 0.29) is 11.3 Å². The van der Waals surface area contributed by atoms with Gasteiger partial charge >= 0.3 is 11.9 Å². The van der Waals surface area contributed by atoms with Crippen LogP contribution in [0.2, 0.25) is 0 Å². The molecule has 0 amide bonds. The summed E-state index contributed by atoms with van der Waals surface area (Å²) >= 11 is 0. The van der Waals surface area contributed by atoms with E-state index in [1.165, 1.54) is 0 Å². The average molecular weight is 516 g/mol. The third-order valence-corrected chi connectivity index (χ3v) is 5.59. The lowest BCUT2D eigenvalue weighted by Crippen LogP contribution is -2.31. The van der Waals surface area contributed by atoms with Gasteiger partial charge in [-0.3, -0.25) is 9.82 Å². The third kappa shape index (κ3) is 6.10. The highest BCUT2D eigenvalue weighted by Crippen LogP contribution is 2.35. The van der Waals surface area contributed by atoms with Gasteiger partial charge in [0.2, 0.25) is 6.10 Å². The Morgan fingerprint density at radius 3 is 2.24 bits per heavy atom. The lowest BCUT2D eigenvalue weighted by Gasteiger charge is -2.23.